The van der Waals surface area contributed by atoms with E-state index in [4.69, 9.17) is 4.74 Å². The van der Waals surface area contributed by atoms with Crippen molar-refractivity contribution < 1.29 is 9.53 Å². The highest BCUT2D eigenvalue weighted by Crippen LogP contribution is 2.23. The number of nitrogens with one attached hydrogen (secondary N) is 1. The van der Waals surface area contributed by atoms with Gasteiger partial charge in [0.15, 0.2) is 0 Å². The number of fused-ring (bicyclic) bond motifs is 1. The van der Waals surface area contributed by atoms with Gasteiger partial charge in [0.1, 0.15) is 5.69 Å². The maximum atomic E-state index is 11.7. The summed E-state index contributed by atoms with van der Waals surface area (Å²) in [6, 6.07) is 6.08. The standard InChI is InChI=1S/C13H15NO2/c1-4-16-13(15)12-9(3)10-7-8(2)5-6-11(10)14-12/h5-7,14H,4H2,1-3H3. The Hall–Kier alpha value is -1.77. The van der Waals surface area contributed by atoms with Gasteiger partial charge < -0.3 is 9.72 Å². The monoisotopic (exact) mass is 217 g/mol. The van der Waals surface area contributed by atoms with Crippen LogP contribution < -0.4 is 0 Å². The predicted molar refractivity (Wildman–Crippen MR) is 63.7 cm³/mol. The Kier molecular flexibility index (Phi) is 2.69. The van der Waals surface area contributed by atoms with Gasteiger partial charge in [-0.1, -0.05) is 11.6 Å². The summed E-state index contributed by atoms with van der Waals surface area (Å²) in [5.41, 5.74) is 3.68. The number of esters is 1. The Morgan fingerprint density at radius 2 is 2.12 bits per heavy atom. The molecule has 0 spiro atoms. The molecule has 1 aromatic carbocycles. The number of aromatic nitrogens is 1. The fourth-order valence-electron chi connectivity index (χ4n) is 1.85. The first kappa shape index (κ1) is 10.7. The predicted octanol–water partition coefficient (Wildman–Crippen LogP) is 2.96. The Bertz CT molecular complexity index is 540. The van der Waals surface area contributed by atoms with E-state index < -0.39 is 0 Å². The molecule has 0 atom stereocenters. The Morgan fingerprint density at radius 1 is 1.38 bits per heavy atom. The van der Waals surface area contributed by atoms with Crippen molar-refractivity contribution >= 4 is 16.9 Å². The number of ether oxygens (including phenoxy) is 1. The summed E-state index contributed by atoms with van der Waals surface area (Å²) < 4.78 is 5.00. The molecule has 1 heterocycles. The lowest BCUT2D eigenvalue weighted by atomic mass is 10.1. The summed E-state index contributed by atoms with van der Waals surface area (Å²) in [4.78, 5) is 14.8. The number of carbonyl (C=O) groups excluding carboxylic acids is 1. The van der Waals surface area contributed by atoms with Crippen LogP contribution in [0.3, 0.4) is 0 Å². The molecule has 16 heavy (non-hydrogen) atoms. The van der Waals surface area contributed by atoms with Crippen molar-refractivity contribution in [2.24, 2.45) is 0 Å². The van der Waals surface area contributed by atoms with Crippen LogP contribution in [0.2, 0.25) is 0 Å². The number of hydrogen-bond acceptors (Lipinski definition) is 2. The van der Waals surface area contributed by atoms with Gasteiger partial charge in [-0.3, -0.25) is 0 Å². The van der Waals surface area contributed by atoms with E-state index in [2.05, 4.69) is 11.1 Å². The maximum Gasteiger partial charge on any atom is 0.355 e. The van der Waals surface area contributed by atoms with Crippen molar-refractivity contribution in [3.63, 3.8) is 0 Å². The Balaban J connectivity index is 2.56. The van der Waals surface area contributed by atoms with E-state index in [1.165, 1.54) is 5.56 Å². The number of hydrogen-bond donors (Lipinski definition) is 1. The number of benzene rings is 1. The molecular weight excluding hydrogens is 202 g/mol. The van der Waals surface area contributed by atoms with Gasteiger partial charge in [-0.05, 0) is 38.5 Å². The largest absolute Gasteiger partial charge is 0.461 e. The third-order valence-corrected chi connectivity index (χ3v) is 2.69. The molecule has 0 aliphatic carbocycles. The highest BCUT2D eigenvalue weighted by molar-refractivity contribution is 5.98. The normalized spacial score (nSPS) is 10.7. The second-order valence-corrected chi connectivity index (χ2v) is 3.89. The summed E-state index contributed by atoms with van der Waals surface area (Å²) in [5, 5.41) is 1.09. The molecule has 0 saturated heterocycles. The lowest BCUT2D eigenvalue weighted by Crippen LogP contribution is -2.06. The molecule has 0 fully saturated rings. The van der Waals surface area contributed by atoms with E-state index >= 15 is 0 Å². The average Bonchev–Trinajstić information content (AvgIpc) is 2.57. The summed E-state index contributed by atoms with van der Waals surface area (Å²) in [6.45, 7) is 6.17. The van der Waals surface area contributed by atoms with Crippen molar-refractivity contribution in [2.75, 3.05) is 6.61 Å². The van der Waals surface area contributed by atoms with Crippen LogP contribution in [0.5, 0.6) is 0 Å². The third kappa shape index (κ3) is 1.69. The third-order valence-electron chi connectivity index (χ3n) is 2.69. The molecule has 2 rings (SSSR count). The average molecular weight is 217 g/mol. The molecule has 84 valence electrons. The van der Waals surface area contributed by atoms with Crippen LogP contribution in [0.1, 0.15) is 28.5 Å². The van der Waals surface area contributed by atoms with Gasteiger partial charge in [0, 0.05) is 10.9 Å². The molecule has 0 bridgehead atoms. The topological polar surface area (TPSA) is 42.1 Å². The number of aryl methyl sites for hydroxylation is 2. The highest BCUT2D eigenvalue weighted by atomic mass is 16.5. The van der Waals surface area contributed by atoms with Crippen molar-refractivity contribution in [2.45, 2.75) is 20.8 Å². The summed E-state index contributed by atoms with van der Waals surface area (Å²) >= 11 is 0. The first-order valence-corrected chi connectivity index (χ1v) is 5.39. The SMILES string of the molecule is CCOC(=O)c1[nH]c2ccc(C)cc2c1C. The molecule has 0 amide bonds. The minimum absolute atomic E-state index is 0.283. The molecule has 1 N–H and O–H groups in total. The molecule has 3 heteroatoms. The van der Waals surface area contributed by atoms with Crippen molar-refractivity contribution in [1.82, 2.24) is 4.98 Å². The molecule has 0 saturated carbocycles. The zero-order valence-electron chi connectivity index (χ0n) is 9.76. The van der Waals surface area contributed by atoms with Crippen molar-refractivity contribution in [3.05, 3.63) is 35.0 Å². The van der Waals surface area contributed by atoms with Crippen molar-refractivity contribution in [1.29, 1.82) is 0 Å². The molecule has 0 aliphatic rings. The molecule has 2 aromatic rings. The second-order valence-electron chi connectivity index (χ2n) is 3.89. The van der Waals surface area contributed by atoms with Gasteiger partial charge in [0.2, 0.25) is 0 Å². The fourth-order valence-corrected chi connectivity index (χ4v) is 1.85. The van der Waals surface area contributed by atoms with E-state index in [-0.39, 0.29) is 5.97 Å². The molecule has 0 unspecified atom stereocenters. The van der Waals surface area contributed by atoms with E-state index in [0.717, 1.165) is 16.5 Å². The Morgan fingerprint density at radius 3 is 2.81 bits per heavy atom. The van der Waals surface area contributed by atoms with Crippen LogP contribution in [0.15, 0.2) is 18.2 Å². The van der Waals surface area contributed by atoms with E-state index in [0.29, 0.717) is 12.3 Å². The first-order chi connectivity index (χ1) is 7.63. The van der Waals surface area contributed by atoms with Crippen LogP contribution in [0.4, 0.5) is 0 Å². The van der Waals surface area contributed by atoms with E-state index in [1.807, 2.05) is 26.0 Å². The summed E-state index contributed by atoms with van der Waals surface area (Å²) in [6.07, 6.45) is 0. The van der Waals surface area contributed by atoms with Crippen molar-refractivity contribution in [3.8, 4) is 0 Å². The Labute approximate surface area is 94.4 Å². The maximum absolute atomic E-state index is 11.7. The van der Waals surface area contributed by atoms with Gasteiger partial charge in [-0.25, -0.2) is 4.79 Å². The minimum Gasteiger partial charge on any atom is -0.461 e. The lowest BCUT2D eigenvalue weighted by Gasteiger charge is -1.99. The number of H-pyrrole nitrogens is 1. The van der Waals surface area contributed by atoms with Gasteiger partial charge in [-0.2, -0.15) is 0 Å². The number of rotatable bonds is 2. The summed E-state index contributed by atoms with van der Waals surface area (Å²) in [5.74, 6) is -0.283. The first-order valence-electron chi connectivity index (χ1n) is 5.39. The zero-order valence-corrected chi connectivity index (χ0v) is 9.76. The van der Waals surface area contributed by atoms with Gasteiger partial charge >= 0.3 is 5.97 Å². The molecule has 0 aliphatic heterocycles. The van der Waals surface area contributed by atoms with E-state index in [9.17, 15) is 4.79 Å². The van der Waals surface area contributed by atoms with Crippen LogP contribution in [0.25, 0.3) is 10.9 Å². The van der Waals surface area contributed by atoms with Gasteiger partial charge in [0.25, 0.3) is 0 Å². The lowest BCUT2D eigenvalue weighted by molar-refractivity contribution is 0.0520. The molecular formula is C13H15NO2. The fraction of sp³-hybridized carbons (Fsp3) is 0.308. The zero-order chi connectivity index (χ0) is 11.7. The number of aromatic amines is 1. The number of carbonyl (C=O) groups is 1. The molecule has 0 radical (unpaired) electrons. The smallest absolute Gasteiger partial charge is 0.355 e. The van der Waals surface area contributed by atoms with E-state index in [1.54, 1.807) is 6.92 Å². The van der Waals surface area contributed by atoms with Crippen LogP contribution in [-0.2, 0) is 4.74 Å². The quantitative estimate of drug-likeness (QED) is 0.786. The molecule has 3 nitrogen and oxygen atoms in total. The highest BCUT2D eigenvalue weighted by Gasteiger charge is 2.15. The van der Waals surface area contributed by atoms with Gasteiger partial charge in [-0.15, -0.1) is 0 Å². The van der Waals surface area contributed by atoms with Crippen LogP contribution in [-0.4, -0.2) is 17.6 Å². The summed E-state index contributed by atoms with van der Waals surface area (Å²) in [7, 11) is 0. The second kappa shape index (κ2) is 4.00. The van der Waals surface area contributed by atoms with Crippen LogP contribution >= 0.6 is 0 Å². The minimum atomic E-state index is -0.283. The molecule has 1 aromatic heterocycles. The van der Waals surface area contributed by atoms with Crippen LogP contribution in [0, 0.1) is 13.8 Å². The van der Waals surface area contributed by atoms with Gasteiger partial charge in [0.05, 0.1) is 6.61 Å².